The number of benzene rings is 1. The van der Waals surface area contributed by atoms with E-state index in [-0.39, 0.29) is 5.82 Å². The van der Waals surface area contributed by atoms with Crippen molar-refractivity contribution >= 4 is 5.96 Å². The van der Waals surface area contributed by atoms with Crippen LogP contribution in [0, 0.1) is 12.7 Å². The Bertz CT molecular complexity index is 860. The van der Waals surface area contributed by atoms with Crippen LogP contribution in [0.25, 0.3) is 0 Å². The molecule has 0 spiro atoms. The molecule has 2 aromatic rings. The van der Waals surface area contributed by atoms with Crippen LogP contribution in [0.5, 0.6) is 5.75 Å². The van der Waals surface area contributed by atoms with Gasteiger partial charge in [-0.05, 0) is 57.2 Å². The summed E-state index contributed by atoms with van der Waals surface area (Å²) in [7, 11) is 1.49. The van der Waals surface area contributed by atoms with E-state index >= 15 is 0 Å². The highest BCUT2D eigenvalue weighted by atomic mass is 19.1. The number of unbranched alkanes of at least 4 members (excludes halogenated alkanes) is 1. The third kappa shape index (κ3) is 7.22. The fourth-order valence-electron chi connectivity index (χ4n) is 4.04. The van der Waals surface area contributed by atoms with Gasteiger partial charge in [-0.3, -0.25) is 9.89 Å². The molecule has 7 nitrogen and oxygen atoms in total. The van der Waals surface area contributed by atoms with Crippen molar-refractivity contribution in [2.75, 3.05) is 33.3 Å². The predicted molar refractivity (Wildman–Crippen MR) is 127 cm³/mol. The largest absolute Gasteiger partial charge is 0.494 e. The lowest BCUT2D eigenvalue weighted by molar-refractivity contribution is 0.198. The van der Waals surface area contributed by atoms with E-state index in [4.69, 9.17) is 9.73 Å². The number of aliphatic imine (C=N–C) groups is 1. The summed E-state index contributed by atoms with van der Waals surface area (Å²) in [6.45, 7) is 9.50. The Morgan fingerprint density at radius 3 is 2.75 bits per heavy atom. The molecule has 1 fully saturated rings. The van der Waals surface area contributed by atoms with E-state index in [1.54, 1.807) is 12.1 Å². The van der Waals surface area contributed by atoms with Crippen LogP contribution in [0.4, 0.5) is 4.39 Å². The number of rotatable bonds is 10. The molecule has 2 heterocycles. The van der Waals surface area contributed by atoms with Gasteiger partial charge in [0.2, 0.25) is 0 Å². The number of aromatic nitrogens is 2. The van der Waals surface area contributed by atoms with Gasteiger partial charge in [-0.15, -0.1) is 0 Å². The molecular weight excluding hydrogens is 407 g/mol. The molecular formula is C24H37FN6O. The highest BCUT2D eigenvalue weighted by Crippen LogP contribution is 2.20. The molecule has 1 aliphatic rings. The molecule has 32 heavy (non-hydrogen) atoms. The van der Waals surface area contributed by atoms with Gasteiger partial charge in [-0.1, -0.05) is 6.07 Å². The summed E-state index contributed by atoms with van der Waals surface area (Å²) in [4.78, 5) is 11.4. The number of halogens is 1. The van der Waals surface area contributed by atoms with Crippen LogP contribution in [-0.4, -0.2) is 59.7 Å². The zero-order valence-corrected chi connectivity index (χ0v) is 19.6. The number of piperidine rings is 1. The first-order valence-electron chi connectivity index (χ1n) is 11.7. The lowest BCUT2D eigenvalue weighted by Gasteiger charge is -2.33. The number of hydrogen-bond donors (Lipinski definition) is 2. The van der Waals surface area contributed by atoms with Gasteiger partial charge in [0.25, 0.3) is 0 Å². The Kier molecular flexibility index (Phi) is 9.34. The van der Waals surface area contributed by atoms with Crippen LogP contribution in [0.2, 0.25) is 0 Å². The van der Waals surface area contributed by atoms with Gasteiger partial charge >= 0.3 is 0 Å². The van der Waals surface area contributed by atoms with Crippen LogP contribution < -0.4 is 15.4 Å². The summed E-state index contributed by atoms with van der Waals surface area (Å²) in [5.74, 6) is 1.96. The van der Waals surface area contributed by atoms with E-state index in [1.165, 1.54) is 7.11 Å². The molecule has 0 atom stereocenters. The smallest absolute Gasteiger partial charge is 0.191 e. The van der Waals surface area contributed by atoms with Gasteiger partial charge in [0.15, 0.2) is 17.5 Å². The Morgan fingerprint density at radius 1 is 1.28 bits per heavy atom. The number of ether oxygens (including phenoxy) is 1. The minimum atomic E-state index is -0.298. The maximum absolute atomic E-state index is 13.9. The molecule has 0 aliphatic carbocycles. The molecule has 1 aromatic carbocycles. The fraction of sp³-hybridized carbons (Fsp3) is 0.583. The second-order valence-electron chi connectivity index (χ2n) is 8.30. The van der Waals surface area contributed by atoms with Crippen LogP contribution in [-0.2, 0) is 13.1 Å². The summed E-state index contributed by atoms with van der Waals surface area (Å²) in [5, 5.41) is 6.97. The van der Waals surface area contributed by atoms with Gasteiger partial charge in [0.05, 0.1) is 7.11 Å². The van der Waals surface area contributed by atoms with Crippen molar-refractivity contribution in [2.45, 2.75) is 58.7 Å². The number of nitrogens with one attached hydrogen (secondary N) is 2. The van der Waals surface area contributed by atoms with Crippen molar-refractivity contribution in [1.29, 1.82) is 0 Å². The number of aryl methyl sites for hydroxylation is 2. The lowest BCUT2D eigenvalue weighted by atomic mass is 10.0. The zero-order chi connectivity index (χ0) is 22.8. The summed E-state index contributed by atoms with van der Waals surface area (Å²) in [6.07, 6.45) is 8.10. The molecule has 176 valence electrons. The van der Waals surface area contributed by atoms with Crippen molar-refractivity contribution in [3.05, 3.63) is 47.8 Å². The molecule has 1 saturated heterocycles. The second kappa shape index (κ2) is 12.4. The Morgan fingerprint density at radius 2 is 2.09 bits per heavy atom. The van der Waals surface area contributed by atoms with Crippen LogP contribution in [0.3, 0.4) is 0 Å². The maximum Gasteiger partial charge on any atom is 0.191 e. The monoisotopic (exact) mass is 444 g/mol. The third-order valence-electron chi connectivity index (χ3n) is 5.90. The number of likely N-dealkylation sites (tertiary alicyclic amines) is 1. The molecule has 0 bridgehead atoms. The zero-order valence-electron chi connectivity index (χ0n) is 19.6. The van der Waals surface area contributed by atoms with Crippen molar-refractivity contribution < 1.29 is 9.13 Å². The van der Waals surface area contributed by atoms with E-state index in [1.807, 2.05) is 25.4 Å². The normalized spacial score (nSPS) is 15.7. The first-order chi connectivity index (χ1) is 15.6. The molecule has 0 radical (unpaired) electrons. The third-order valence-corrected chi connectivity index (χ3v) is 5.90. The molecule has 0 unspecified atom stereocenters. The number of nitrogens with zero attached hydrogens (tertiary/aromatic N) is 4. The average molecular weight is 445 g/mol. The average Bonchev–Trinajstić information content (AvgIpc) is 3.20. The van der Waals surface area contributed by atoms with E-state index in [0.29, 0.717) is 11.8 Å². The highest BCUT2D eigenvalue weighted by Gasteiger charge is 2.20. The van der Waals surface area contributed by atoms with E-state index in [9.17, 15) is 4.39 Å². The SMILES string of the molecule is CCNC(=NCCCCn1ccnc1C)NC1CCN(Cc2ccc(OC)c(F)c2)CC1. The van der Waals surface area contributed by atoms with Crippen molar-refractivity contribution in [1.82, 2.24) is 25.1 Å². The molecule has 2 N–H and O–H groups in total. The Balaban J connectivity index is 1.39. The van der Waals surface area contributed by atoms with Crippen LogP contribution in [0.1, 0.15) is 44.0 Å². The summed E-state index contributed by atoms with van der Waals surface area (Å²) < 4.78 is 21.1. The van der Waals surface area contributed by atoms with Gasteiger partial charge in [0.1, 0.15) is 5.82 Å². The lowest BCUT2D eigenvalue weighted by Crippen LogP contribution is -2.48. The highest BCUT2D eigenvalue weighted by molar-refractivity contribution is 5.80. The molecule has 0 saturated carbocycles. The van der Waals surface area contributed by atoms with Crippen molar-refractivity contribution in [3.8, 4) is 5.75 Å². The Hall–Kier alpha value is -2.61. The molecule has 8 heteroatoms. The molecule has 1 aliphatic heterocycles. The topological polar surface area (TPSA) is 66.7 Å². The van der Waals surface area contributed by atoms with E-state index in [0.717, 1.165) is 82.3 Å². The van der Waals surface area contributed by atoms with Gasteiger partial charge in [-0.25, -0.2) is 9.37 Å². The fourth-order valence-corrected chi connectivity index (χ4v) is 4.04. The first-order valence-corrected chi connectivity index (χ1v) is 11.7. The number of imidazole rings is 1. The Labute approximate surface area is 191 Å². The first kappa shape index (κ1) is 24.0. The quantitative estimate of drug-likeness (QED) is 0.334. The minimum absolute atomic E-state index is 0.295. The summed E-state index contributed by atoms with van der Waals surface area (Å²) in [5.41, 5.74) is 0.982. The number of methoxy groups -OCH3 is 1. The van der Waals surface area contributed by atoms with Crippen LogP contribution >= 0.6 is 0 Å². The predicted octanol–water partition coefficient (Wildman–Crippen LogP) is 3.34. The minimum Gasteiger partial charge on any atom is -0.494 e. The molecule has 3 rings (SSSR count). The molecule has 0 amide bonds. The van der Waals surface area contributed by atoms with Crippen LogP contribution in [0.15, 0.2) is 35.6 Å². The number of hydrogen-bond acceptors (Lipinski definition) is 4. The van der Waals surface area contributed by atoms with Gasteiger partial charge < -0.3 is 19.9 Å². The van der Waals surface area contributed by atoms with Gasteiger partial charge in [0, 0.05) is 57.7 Å². The standard InChI is InChI=1S/C24H37FN6O/c1-4-26-24(28-11-5-6-13-31-16-12-27-19(31)2)29-21-9-14-30(15-10-21)18-20-7-8-23(32-3)22(25)17-20/h7-8,12,16-17,21H,4-6,9-11,13-15,18H2,1-3H3,(H2,26,28,29). The van der Waals surface area contributed by atoms with Crippen molar-refractivity contribution in [2.24, 2.45) is 4.99 Å². The van der Waals surface area contributed by atoms with E-state index < -0.39 is 0 Å². The second-order valence-corrected chi connectivity index (χ2v) is 8.30. The van der Waals surface area contributed by atoms with E-state index in [2.05, 4.69) is 32.0 Å². The number of guanidine groups is 1. The van der Waals surface area contributed by atoms with Crippen molar-refractivity contribution in [3.63, 3.8) is 0 Å². The maximum atomic E-state index is 13.9. The summed E-state index contributed by atoms with van der Waals surface area (Å²) >= 11 is 0. The summed E-state index contributed by atoms with van der Waals surface area (Å²) in [6, 6.07) is 5.63. The molecule has 1 aromatic heterocycles. The van der Waals surface area contributed by atoms with Gasteiger partial charge in [-0.2, -0.15) is 0 Å².